The van der Waals surface area contributed by atoms with Crippen LogP contribution in [0, 0.1) is 22.0 Å². The zero-order valence-corrected chi connectivity index (χ0v) is 23.3. The van der Waals surface area contributed by atoms with E-state index in [0.717, 1.165) is 12.8 Å². The second-order valence-electron chi connectivity index (χ2n) is 10.3. The summed E-state index contributed by atoms with van der Waals surface area (Å²) < 4.78 is 0. The highest BCUT2D eigenvalue weighted by molar-refractivity contribution is 5.98. The molecule has 0 radical (unpaired) electrons. The Kier molecular flexibility index (Phi) is 11.9. The fourth-order valence-corrected chi connectivity index (χ4v) is 4.63. The number of benzene rings is 1. The SMILES string of the molecule is CCCCc1c([N+](=O)[O-])ccc(C(C)C(C)NCC(O)C2C=CC=C(NCC(C)C)C2=C=O)c1C(=O)NC. The summed E-state index contributed by atoms with van der Waals surface area (Å²) in [5.74, 6) is 1.34. The zero-order valence-electron chi connectivity index (χ0n) is 23.3. The molecule has 9 heteroatoms. The van der Waals surface area contributed by atoms with Gasteiger partial charge in [-0.25, -0.2) is 4.79 Å². The van der Waals surface area contributed by atoms with Gasteiger partial charge in [0.25, 0.3) is 11.6 Å². The Morgan fingerprint density at radius 3 is 2.50 bits per heavy atom. The third kappa shape index (κ3) is 7.63. The molecule has 4 atom stereocenters. The predicted octanol–water partition coefficient (Wildman–Crippen LogP) is 3.81. The van der Waals surface area contributed by atoms with Crippen molar-refractivity contribution in [1.82, 2.24) is 16.0 Å². The van der Waals surface area contributed by atoms with Crippen molar-refractivity contribution < 1.29 is 19.6 Å². The number of nitrogens with zero attached hydrogens (tertiary/aromatic N) is 1. The van der Waals surface area contributed by atoms with Gasteiger partial charge in [-0.3, -0.25) is 14.9 Å². The van der Waals surface area contributed by atoms with Crippen molar-refractivity contribution in [3.05, 3.63) is 68.4 Å². The molecule has 4 unspecified atom stereocenters. The molecule has 2 rings (SSSR count). The minimum Gasteiger partial charge on any atom is -0.391 e. The van der Waals surface area contributed by atoms with Gasteiger partial charge in [0.1, 0.15) is 5.94 Å². The Morgan fingerprint density at radius 1 is 1.21 bits per heavy atom. The van der Waals surface area contributed by atoms with Crippen molar-refractivity contribution in [3.63, 3.8) is 0 Å². The van der Waals surface area contributed by atoms with Crippen LogP contribution in [0.5, 0.6) is 0 Å². The van der Waals surface area contributed by atoms with E-state index < -0.39 is 16.9 Å². The fraction of sp³-hybridized carbons (Fsp3) is 0.552. The van der Waals surface area contributed by atoms with Gasteiger partial charge in [-0.15, -0.1) is 0 Å². The van der Waals surface area contributed by atoms with E-state index in [4.69, 9.17) is 0 Å². The van der Waals surface area contributed by atoms with Crippen molar-refractivity contribution in [2.24, 2.45) is 11.8 Å². The zero-order chi connectivity index (χ0) is 28.4. The lowest BCUT2D eigenvalue weighted by molar-refractivity contribution is -0.385. The number of carbonyl (C=O) groups excluding carboxylic acids is 2. The molecule has 1 amide bonds. The van der Waals surface area contributed by atoms with Crippen molar-refractivity contribution >= 4 is 17.5 Å². The van der Waals surface area contributed by atoms with E-state index >= 15 is 0 Å². The van der Waals surface area contributed by atoms with Gasteiger partial charge in [-0.05, 0) is 43.2 Å². The van der Waals surface area contributed by atoms with Gasteiger partial charge in [-0.1, -0.05) is 52.3 Å². The fourth-order valence-electron chi connectivity index (χ4n) is 4.63. The van der Waals surface area contributed by atoms with E-state index in [2.05, 4.69) is 29.8 Å². The van der Waals surface area contributed by atoms with Crippen molar-refractivity contribution in [1.29, 1.82) is 0 Å². The first-order valence-corrected chi connectivity index (χ1v) is 13.4. The van der Waals surface area contributed by atoms with Crippen LogP contribution in [0.1, 0.15) is 74.9 Å². The quantitative estimate of drug-likeness (QED) is 0.165. The third-order valence-electron chi connectivity index (χ3n) is 7.07. The Labute approximate surface area is 225 Å². The number of nitro groups is 1. The Hall–Kier alpha value is -3.26. The van der Waals surface area contributed by atoms with Crippen LogP contribution in [0.3, 0.4) is 0 Å². The van der Waals surface area contributed by atoms with E-state index in [1.165, 1.54) is 13.1 Å². The maximum absolute atomic E-state index is 12.9. The molecular formula is C29H42N4O5. The third-order valence-corrected chi connectivity index (χ3v) is 7.07. The molecule has 0 fully saturated rings. The normalized spacial score (nSPS) is 17.4. The molecule has 4 N–H and O–H groups in total. The van der Waals surface area contributed by atoms with E-state index in [9.17, 15) is 24.8 Å². The number of unbranched alkanes of at least 4 members (excludes halogenated alkanes) is 1. The molecular weight excluding hydrogens is 484 g/mol. The average Bonchev–Trinajstić information content (AvgIpc) is 2.91. The highest BCUT2D eigenvalue weighted by atomic mass is 16.6. The smallest absolute Gasteiger partial charge is 0.273 e. The molecule has 0 bridgehead atoms. The van der Waals surface area contributed by atoms with Gasteiger partial charge >= 0.3 is 0 Å². The van der Waals surface area contributed by atoms with Crippen LogP contribution >= 0.6 is 0 Å². The summed E-state index contributed by atoms with van der Waals surface area (Å²) in [7, 11) is 1.52. The maximum Gasteiger partial charge on any atom is 0.273 e. The van der Waals surface area contributed by atoms with Crippen LogP contribution in [-0.4, -0.2) is 54.2 Å². The molecule has 1 aliphatic carbocycles. The van der Waals surface area contributed by atoms with Crippen LogP contribution in [0.15, 0.2) is 41.6 Å². The number of allylic oxidation sites excluding steroid dienone is 3. The summed E-state index contributed by atoms with van der Waals surface area (Å²) in [6.45, 7) is 10.9. The molecule has 0 saturated carbocycles. The number of aliphatic hydroxyl groups is 1. The first-order chi connectivity index (χ1) is 18.1. The van der Waals surface area contributed by atoms with Gasteiger partial charge in [-0.2, -0.15) is 0 Å². The minimum absolute atomic E-state index is 0.0452. The molecule has 0 saturated heterocycles. The largest absolute Gasteiger partial charge is 0.391 e. The van der Waals surface area contributed by atoms with Crippen LogP contribution in [0.4, 0.5) is 5.69 Å². The first-order valence-electron chi connectivity index (χ1n) is 13.4. The van der Waals surface area contributed by atoms with Crippen molar-refractivity contribution in [2.45, 2.75) is 71.9 Å². The molecule has 1 aromatic carbocycles. The lowest BCUT2D eigenvalue weighted by Gasteiger charge is -2.29. The summed E-state index contributed by atoms with van der Waals surface area (Å²) in [4.78, 5) is 36.0. The molecule has 38 heavy (non-hydrogen) atoms. The monoisotopic (exact) mass is 526 g/mol. The Balaban J connectivity index is 2.24. The van der Waals surface area contributed by atoms with E-state index in [0.29, 0.717) is 46.8 Å². The van der Waals surface area contributed by atoms with Crippen molar-refractivity contribution in [3.8, 4) is 0 Å². The number of hydrogen-bond acceptors (Lipinski definition) is 7. The maximum atomic E-state index is 12.9. The molecule has 0 spiro atoms. The van der Waals surface area contributed by atoms with E-state index in [-0.39, 0.29) is 30.1 Å². The molecule has 0 aromatic heterocycles. The molecule has 9 nitrogen and oxygen atoms in total. The second-order valence-corrected chi connectivity index (χ2v) is 10.3. The highest BCUT2D eigenvalue weighted by Gasteiger charge is 2.30. The lowest BCUT2D eigenvalue weighted by Crippen LogP contribution is -2.41. The van der Waals surface area contributed by atoms with Gasteiger partial charge in [0.2, 0.25) is 0 Å². The molecule has 208 valence electrons. The highest BCUT2D eigenvalue weighted by Crippen LogP contribution is 2.33. The summed E-state index contributed by atoms with van der Waals surface area (Å²) in [5, 5.41) is 32.0. The van der Waals surface area contributed by atoms with Crippen LogP contribution in [0.25, 0.3) is 0 Å². The molecule has 1 aromatic rings. The van der Waals surface area contributed by atoms with Gasteiger partial charge < -0.3 is 21.1 Å². The summed E-state index contributed by atoms with van der Waals surface area (Å²) in [6.07, 6.45) is 6.57. The lowest BCUT2D eigenvalue weighted by atomic mass is 9.85. The van der Waals surface area contributed by atoms with E-state index in [1.807, 2.05) is 38.9 Å². The van der Waals surface area contributed by atoms with Gasteiger partial charge in [0, 0.05) is 49.4 Å². The standard InChI is InChI=1S/C29H42N4O5/c1-7-8-10-23-26(33(37)38)14-13-21(28(23)29(36)30-6)19(4)20(5)31-16-27(35)22-11-9-12-25(24(22)17-34)32-15-18(2)3/h9,11-14,18-20,22,27,31-32,35H,7-8,10,15-16H2,1-6H3,(H,30,36). The number of aliphatic hydroxyl groups excluding tert-OH is 1. The number of rotatable bonds is 14. The second kappa shape index (κ2) is 14.6. The number of nitrogens with one attached hydrogen (secondary N) is 3. The topological polar surface area (TPSA) is 134 Å². The number of amides is 1. The first kappa shape index (κ1) is 31.0. The number of nitro benzene ring substituents is 1. The Morgan fingerprint density at radius 2 is 1.92 bits per heavy atom. The van der Waals surface area contributed by atoms with Gasteiger partial charge in [0.05, 0.1) is 22.2 Å². The summed E-state index contributed by atoms with van der Waals surface area (Å²) >= 11 is 0. The van der Waals surface area contributed by atoms with Crippen LogP contribution < -0.4 is 16.0 Å². The van der Waals surface area contributed by atoms with Crippen LogP contribution in [-0.2, 0) is 11.2 Å². The average molecular weight is 527 g/mol. The Bertz CT molecular complexity index is 1100. The van der Waals surface area contributed by atoms with Crippen molar-refractivity contribution in [2.75, 3.05) is 20.1 Å². The molecule has 1 aliphatic rings. The van der Waals surface area contributed by atoms with Crippen LogP contribution in [0.2, 0.25) is 0 Å². The van der Waals surface area contributed by atoms with Gasteiger partial charge in [0.15, 0.2) is 0 Å². The predicted molar refractivity (Wildman–Crippen MR) is 150 cm³/mol. The molecule has 0 heterocycles. The minimum atomic E-state index is -0.878. The van der Waals surface area contributed by atoms with E-state index in [1.54, 1.807) is 12.1 Å². The number of hydrogen-bond donors (Lipinski definition) is 4. The molecule has 0 aliphatic heterocycles. The summed E-state index contributed by atoms with van der Waals surface area (Å²) in [5.41, 5.74) is 2.53. The number of carbonyl (C=O) groups is 1. The summed E-state index contributed by atoms with van der Waals surface area (Å²) in [6, 6.07) is 2.96.